The van der Waals surface area contributed by atoms with Crippen molar-refractivity contribution >= 4 is 82.9 Å². The van der Waals surface area contributed by atoms with E-state index in [4.69, 9.17) is 4.98 Å². The number of aryl methyl sites for hydroxylation is 1. The van der Waals surface area contributed by atoms with Crippen molar-refractivity contribution in [2.75, 3.05) is 71.1 Å². The van der Waals surface area contributed by atoms with Crippen LogP contribution in [0.25, 0.3) is 20.4 Å². The molecule has 1 saturated carbocycles. The van der Waals surface area contributed by atoms with Crippen LogP contribution in [0.1, 0.15) is 31.2 Å². The van der Waals surface area contributed by atoms with E-state index in [-0.39, 0.29) is 17.6 Å². The summed E-state index contributed by atoms with van der Waals surface area (Å²) in [6.07, 6.45) is 5.14. The number of benzene rings is 1. The van der Waals surface area contributed by atoms with E-state index in [1.807, 2.05) is 17.9 Å². The lowest BCUT2D eigenvalue weighted by molar-refractivity contribution is -0.148. The van der Waals surface area contributed by atoms with Crippen LogP contribution < -0.4 is 10.2 Å². The first-order chi connectivity index (χ1) is 20.5. The standard InChI is InChI=1S/C28H36N8O5S2/c1-16-21-18(42-27(30-21)29-15-20(37)35-12-10-34(11-13-35)17-8-6-7-9-17)14-19-22(16)31-28(43-19)36(25(40)23(38)32(2)3)26(41)24(39)33(4)5/h14,17H,6-13,15H2,1-5H3,(H,29,30). The fourth-order valence-corrected chi connectivity index (χ4v) is 7.60. The molecule has 43 heavy (non-hydrogen) atoms. The van der Waals surface area contributed by atoms with E-state index >= 15 is 0 Å². The number of rotatable bonds is 5. The molecule has 5 rings (SSSR count). The molecule has 3 heterocycles. The zero-order chi connectivity index (χ0) is 31.0. The van der Waals surface area contributed by atoms with E-state index < -0.39 is 23.6 Å². The molecule has 1 aliphatic heterocycles. The van der Waals surface area contributed by atoms with Gasteiger partial charge in [0.1, 0.15) is 0 Å². The first-order valence-corrected chi connectivity index (χ1v) is 15.9. The predicted molar refractivity (Wildman–Crippen MR) is 166 cm³/mol. The SMILES string of the molecule is Cc1c2nc(NCC(=O)N3CCN(C4CCCC4)CC3)sc2cc2sc(N(C(=O)C(=O)N(C)C)C(=O)C(=O)N(C)C)nc12. The van der Waals surface area contributed by atoms with Crippen molar-refractivity contribution in [1.29, 1.82) is 0 Å². The molecule has 1 aliphatic carbocycles. The Morgan fingerprint density at radius 3 is 1.98 bits per heavy atom. The molecule has 13 nitrogen and oxygen atoms in total. The van der Waals surface area contributed by atoms with Crippen LogP contribution in [0.5, 0.6) is 0 Å². The number of carbonyl (C=O) groups excluding carboxylic acids is 5. The van der Waals surface area contributed by atoms with E-state index in [0.29, 0.717) is 37.4 Å². The topological polar surface area (TPSA) is 139 Å². The number of imide groups is 1. The summed E-state index contributed by atoms with van der Waals surface area (Å²) in [6.45, 7) is 5.30. The Bertz CT molecular complexity index is 1550. The molecule has 1 saturated heterocycles. The van der Waals surface area contributed by atoms with Crippen molar-refractivity contribution in [3.8, 4) is 0 Å². The van der Waals surface area contributed by atoms with Gasteiger partial charge in [-0.1, -0.05) is 35.5 Å². The molecule has 3 aromatic rings. The van der Waals surface area contributed by atoms with Crippen LogP contribution in [0.3, 0.4) is 0 Å². The van der Waals surface area contributed by atoms with E-state index in [1.54, 1.807) is 0 Å². The summed E-state index contributed by atoms with van der Waals surface area (Å²) in [5.74, 6) is -4.21. The van der Waals surface area contributed by atoms with E-state index in [9.17, 15) is 24.0 Å². The van der Waals surface area contributed by atoms with Gasteiger partial charge in [0.2, 0.25) is 11.0 Å². The minimum absolute atomic E-state index is 0.0447. The Labute approximate surface area is 257 Å². The van der Waals surface area contributed by atoms with Gasteiger partial charge in [0, 0.05) is 66.0 Å². The number of piperazine rings is 1. The smallest absolute Gasteiger partial charge is 0.325 e. The lowest BCUT2D eigenvalue weighted by atomic mass is 10.2. The summed E-state index contributed by atoms with van der Waals surface area (Å²) in [4.78, 5) is 80.2. The number of thiazole rings is 2. The lowest BCUT2D eigenvalue weighted by Crippen LogP contribution is -2.52. The maximum atomic E-state index is 13.0. The molecule has 1 N–H and O–H groups in total. The second-order valence-corrected chi connectivity index (χ2v) is 13.3. The predicted octanol–water partition coefficient (Wildman–Crippen LogP) is 1.75. The van der Waals surface area contributed by atoms with E-state index in [1.165, 1.54) is 65.2 Å². The highest BCUT2D eigenvalue weighted by Gasteiger charge is 2.37. The van der Waals surface area contributed by atoms with Gasteiger partial charge < -0.3 is 20.0 Å². The molecule has 0 spiro atoms. The zero-order valence-corrected chi connectivity index (χ0v) is 26.6. The lowest BCUT2D eigenvalue weighted by Gasteiger charge is -2.38. The first kappa shape index (κ1) is 30.8. The van der Waals surface area contributed by atoms with Crippen molar-refractivity contribution in [3.05, 3.63) is 11.6 Å². The Balaban J connectivity index is 1.32. The molecule has 5 amide bonds. The minimum Gasteiger partial charge on any atom is -0.352 e. The highest BCUT2D eigenvalue weighted by atomic mass is 32.1. The number of nitrogens with zero attached hydrogens (tertiary/aromatic N) is 7. The molecule has 2 aromatic heterocycles. The van der Waals surface area contributed by atoms with Gasteiger partial charge in [-0.25, -0.2) is 14.9 Å². The van der Waals surface area contributed by atoms with E-state index in [0.717, 1.165) is 52.0 Å². The van der Waals surface area contributed by atoms with Crippen molar-refractivity contribution in [2.24, 2.45) is 0 Å². The number of anilines is 2. The van der Waals surface area contributed by atoms with Crippen LogP contribution in [0.15, 0.2) is 6.07 Å². The fourth-order valence-electron chi connectivity index (χ4n) is 5.50. The highest BCUT2D eigenvalue weighted by Crippen LogP contribution is 2.38. The number of nitrogens with one attached hydrogen (secondary N) is 1. The first-order valence-electron chi connectivity index (χ1n) is 14.2. The monoisotopic (exact) mass is 628 g/mol. The number of carbonyl (C=O) groups is 5. The molecule has 230 valence electrons. The molecule has 0 radical (unpaired) electrons. The quantitative estimate of drug-likeness (QED) is 0.419. The van der Waals surface area contributed by atoms with Crippen LogP contribution in [0.4, 0.5) is 10.3 Å². The molecule has 2 fully saturated rings. The van der Waals surface area contributed by atoms with Crippen LogP contribution in [0.2, 0.25) is 0 Å². The van der Waals surface area contributed by atoms with E-state index in [2.05, 4.69) is 15.2 Å². The van der Waals surface area contributed by atoms with Gasteiger partial charge in [0.25, 0.3) is 0 Å². The van der Waals surface area contributed by atoms with Crippen molar-refractivity contribution < 1.29 is 24.0 Å². The molecule has 15 heteroatoms. The normalized spacial score (nSPS) is 16.1. The largest absolute Gasteiger partial charge is 0.352 e. The number of fused-ring (bicyclic) bond motifs is 2. The molecular formula is C28H36N8O5S2. The molecular weight excluding hydrogens is 592 g/mol. The number of likely N-dealkylation sites (N-methyl/N-ethyl adjacent to an activating group) is 2. The molecule has 0 unspecified atom stereocenters. The highest BCUT2D eigenvalue weighted by molar-refractivity contribution is 7.24. The number of hydrogen-bond acceptors (Lipinski definition) is 11. The van der Waals surface area contributed by atoms with Crippen LogP contribution in [-0.2, 0) is 24.0 Å². The van der Waals surface area contributed by atoms with Gasteiger partial charge in [-0.15, -0.1) is 0 Å². The second-order valence-electron chi connectivity index (χ2n) is 11.3. The van der Waals surface area contributed by atoms with Crippen molar-refractivity contribution in [1.82, 2.24) is 29.6 Å². The average molecular weight is 629 g/mol. The van der Waals surface area contributed by atoms with Gasteiger partial charge in [-0.2, -0.15) is 0 Å². The Kier molecular flexibility index (Phi) is 8.94. The summed E-state index contributed by atoms with van der Waals surface area (Å²) in [6, 6.07) is 2.52. The Morgan fingerprint density at radius 1 is 0.837 bits per heavy atom. The van der Waals surface area contributed by atoms with Gasteiger partial charge in [0.15, 0.2) is 5.13 Å². The third-order valence-electron chi connectivity index (χ3n) is 7.94. The summed E-state index contributed by atoms with van der Waals surface area (Å²) >= 11 is 2.42. The number of aromatic nitrogens is 2. The molecule has 1 aromatic carbocycles. The van der Waals surface area contributed by atoms with Crippen molar-refractivity contribution in [3.63, 3.8) is 0 Å². The molecule has 2 aliphatic rings. The zero-order valence-electron chi connectivity index (χ0n) is 25.0. The molecule has 0 bridgehead atoms. The van der Waals surface area contributed by atoms with Crippen LogP contribution in [0, 0.1) is 6.92 Å². The Morgan fingerprint density at radius 2 is 1.40 bits per heavy atom. The minimum atomic E-state index is -1.17. The summed E-state index contributed by atoms with van der Waals surface area (Å²) < 4.78 is 1.49. The van der Waals surface area contributed by atoms with Gasteiger partial charge in [0.05, 0.1) is 27.0 Å². The van der Waals surface area contributed by atoms with Gasteiger partial charge >= 0.3 is 23.6 Å². The third-order valence-corrected chi connectivity index (χ3v) is 9.89. The average Bonchev–Trinajstić information content (AvgIpc) is 3.75. The van der Waals surface area contributed by atoms with Gasteiger partial charge in [-0.3, -0.25) is 28.9 Å². The summed E-state index contributed by atoms with van der Waals surface area (Å²) in [5, 5.41) is 3.71. The second kappa shape index (κ2) is 12.5. The molecule has 0 atom stereocenters. The maximum Gasteiger partial charge on any atom is 0.325 e. The Hall–Kier alpha value is -3.69. The number of amides is 5. The van der Waals surface area contributed by atoms with Crippen LogP contribution in [-0.4, -0.2) is 126 Å². The van der Waals surface area contributed by atoms with Crippen molar-refractivity contribution in [2.45, 2.75) is 38.6 Å². The summed E-state index contributed by atoms with van der Waals surface area (Å²) in [7, 11) is 5.54. The third kappa shape index (κ3) is 6.19. The maximum absolute atomic E-state index is 13.0. The summed E-state index contributed by atoms with van der Waals surface area (Å²) in [5.41, 5.74) is 1.89. The van der Waals surface area contributed by atoms with Gasteiger partial charge in [-0.05, 0) is 25.8 Å². The number of hydrogen-bond donors (Lipinski definition) is 1. The van der Waals surface area contributed by atoms with Crippen LogP contribution >= 0.6 is 22.7 Å². The fraction of sp³-hybridized carbons (Fsp3) is 0.536.